The Labute approximate surface area is 178 Å². The molecule has 4 heteroatoms. The number of methoxy groups -OCH3 is 1. The van der Waals surface area contributed by atoms with Crippen LogP contribution in [0, 0.1) is 20.8 Å². The molecule has 0 aliphatic heterocycles. The summed E-state index contributed by atoms with van der Waals surface area (Å²) in [5, 5.41) is 0. The fraction of sp³-hybridized carbons (Fsp3) is 0.192. The van der Waals surface area contributed by atoms with Gasteiger partial charge in [0.05, 0.1) is 19.1 Å². The first-order chi connectivity index (χ1) is 14.5. The van der Waals surface area contributed by atoms with Crippen LogP contribution in [0.15, 0.2) is 84.1 Å². The van der Waals surface area contributed by atoms with Crippen molar-refractivity contribution < 1.29 is 14.2 Å². The molecule has 0 aromatic heterocycles. The van der Waals surface area contributed by atoms with E-state index in [0.717, 1.165) is 28.3 Å². The number of hydrogen-bond donors (Lipinski definition) is 0. The Bertz CT molecular complexity index is 1050. The van der Waals surface area contributed by atoms with Crippen LogP contribution >= 0.6 is 0 Å². The minimum Gasteiger partial charge on any atom is -0.497 e. The highest BCUT2D eigenvalue weighted by molar-refractivity contribution is 5.91. The monoisotopic (exact) mass is 401 g/mol. The summed E-state index contributed by atoms with van der Waals surface area (Å²) in [5.74, 6) is 1.99. The molecule has 0 unspecified atom stereocenters. The zero-order valence-electron chi connectivity index (χ0n) is 17.9. The van der Waals surface area contributed by atoms with Gasteiger partial charge in [-0.25, -0.2) is 4.99 Å². The summed E-state index contributed by atoms with van der Waals surface area (Å²) in [7, 11) is 1.65. The van der Waals surface area contributed by atoms with Crippen LogP contribution < -0.4 is 9.47 Å². The van der Waals surface area contributed by atoms with Crippen molar-refractivity contribution in [2.45, 2.75) is 27.4 Å². The molecule has 0 heterocycles. The molecule has 3 rings (SSSR count). The summed E-state index contributed by atoms with van der Waals surface area (Å²) < 4.78 is 17.0. The molecular formula is C26H27NO3. The van der Waals surface area contributed by atoms with Gasteiger partial charge in [-0.2, -0.15) is 0 Å². The Hall–Kier alpha value is -3.53. The van der Waals surface area contributed by atoms with E-state index in [9.17, 15) is 0 Å². The highest BCUT2D eigenvalue weighted by atomic mass is 16.5. The summed E-state index contributed by atoms with van der Waals surface area (Å²) in [6, 6.07) is 21.7. The standard InChI is InChI=1S/C26H27NO3/c1-19-7-5-10-25(15-19)30-26(27-23-12-11-20(2)21(3)16-23)13-14-29-18-22-8-6-9-24(17-22)28-4/h5-17H,18H2,1-4H3. The Balaban J connectivity index is 1.76. The summed E-state index contributed by atoms with van der Waals surface area (Å²) in [6.45, 7) is 6.61. The number of ether oxygens (including phenoxy) is 3. The molecule has 0 atom stereocenters. The van der Waals surface area contributed by atoms with Crippen molar-refractivity contribution in [1.82, 2.24) is 0 Å². The predicted molar refractivity (Wildman–Crippen MR) is 122 cm³/mol. The molecule has 0 aliphatic carbocycles. The molecule has 3 aromatic carbocycles. The molecule has 30 heavy (non-hydrogen) atoms. The lowest BCUT2D eigenvalue weighted by Crippen LogP contribution is -2.05. The second kappa shape index (κ2) is 10.3. The van der Waals surface area contributed by atoms with Gasteiger partial charge in [0.25, 0.3) is 0 Å². The van der Waals surface area contributed by atoms with Crippen LogP contribution in [-0.2, 0) is 11.3 Å². The van der Waals surface area contributed by atoms with Gasteiger partial charge in [0.2, 0.25) is 5.90 Å². The zero-order valence-corrected chi connectivity index (χ0v) is 17.9. The molecule has 0 saturated heterocycles. The molecule has 154 valence electrons. The summed E-state index contributed by atoms with van der Waals surface area (Å²) in [4.78, 5) is 4.67. The van der Waals surface area contributed by atoms with Crippen LogP contribution in [0.1, 0.15) is 22.3 Å². The first-order valence-corrected chi connectivity index (χ1v) is 9.85. The average molecular weight is 402 g/mol. The minimum absolute atomic E-state index is 0.426. The van der Waals surface area contributed by atoms with E-state index in [4.69, 9.17) is 14.2 Å². The van der Waals surface area contributed by atoms with Gasteiger partial charge in [0.15, 0.2) is 0 Å². The van der Waals surface area contributed by atoms with Gasteiger partial charge in [-0.05, 0) is 79.4 Å². The van der Waals surface area contributed by atoms with E-state index in [1.54, 1.807) is 19.4 Å². The number of aliphatic imine (C=N–C) groups is 1. The van der Waals surface area contributed by atoms with Crippen molar-refractivity contribution in [3.63, 3.8) is 0 Å². The van der Waals surface area contributed by atoms with Crippen molar-refractivity contribution in [2.75, 3.05) is 7.11 Å². The Morgan fingerprint density at radius 1 is 0.867 bits per heavy atom. The third kappa shape index (κ3) is 6.24. The number of aryl methyl sites for hydroxylation is 3. The summed E-state index contributed by atoms with van der Waals surface area (Å²) in [6.07, 6.45) is 3.34. The van der Waals surface area contributed by atoms with Crippen LogP contribution in [0.4, 0.5) is 5.69 Å². The Kier molecular flexibility index (Phi) is 7.28. The second-order valence-electron chi connectivity index (χ2n) is 7.10. The first kappa shape index (κ1) is 21.2. The minimum atomic E-state index is 0.426. The van der Waals surface area contributed by atoms with Crippen LogP contribution in [0.3, 0.4) is 0 Å². The topological polar surface area (TPSA) is 40.0 Å². The van der Waals surface area contributed by atoms with E-state index in [-0.39, 0.29) is 0 Å². The van der Waals surface area contributed by atoms with E-state index in [2.05, 4.69) is 24.9 Å². The number of benzene rings is 3. The molecule has 0 saturated carbocycles. The van der Waals surface area contributed by atoms with Crippen LogP contribution in [0.2, 0.25) is 0 Å². The SMILES string of the molecule is COc1cccc(COC=CC(=Nc2ccc(C)c(C)c2)Oc2cccc(C)c2)c1. The first-order valence-electron chi connectivity index (χ1n) is 9.85. The van der Waals surface area contributed by atoms with Crippen molar-refractivity contribution in [3.8, 4) is 11.5 Å². The third-order valence-corrected chi connectivity index (χ3v) is 4.63. The molecule has 0 radical (unpaired) electrons. The van der Waals surface area contributed by atoms with Gasteiger partial charge in [-0.15, -0.1) is 0 Å². The van der Waals surface area contributed by atoms with E-state index >= 15 is 0 Å². The normalized spacial score (nSPS) is 11.5. The van der Waals surface area contributed by atoms with E-state index in [1.807, 2.05) is 67.6 Å². The lowest BCUT2D eigenvalue weighted by atomic mass is 10.1. The van der Waals surface area contributed by atoms with E-state index < -0.39 is 0 Å². The molecule has 0 aliphatic rings. The van der Waals surface area contributed by atoms with Gasteiger partial charge in [-0.1, -0.05) is 30.3 Å². The maximum absolute atomic E-state index is 6.02. The van der Waals surface area contributed by atoms with Crippen LogP contribution in [0.25, 0.3) is 0 Å². The smallest absolute Gasteiger partial charge is 0.222 e. The average Bonchev–Trinajstić information content (AvgIpc) is 2.74. The van der Waals surface area contributed by atoms with Gasteiger partial charge in [0.1, 0.15) is 18.1 Å². The van der Waals surface area contributed by atoms with Gasteiger partial charge < -0.3 is 14.2 Å². The van der Waals surface area contributed by atoms with Crippen molar-refractivity contribution in [2.24, 2.45) is 4.99 Å². The maximum atomic E-state index is 6.02. The highest BCUT2D eigenvalue weighted by Crippen LogP contribution is 2.20. The Morgan fingerprint density at radius 2 is 1.67 bits per heavy atom. The molecule has 0 fully saturated rings. The van der Waals surface area contributed by atoms with Gasteiger partial charge >= 0.3 is 0 Å². The lowest BCUT2D eigenvalue weighted by molar-refractivity contribution is 0.236. The quantitative estimate of drug-likeness (QED) is 0.259. The van der Waals surface area contributed by atoms with E-state index in [1.165, 1.54) is 11.1 Å². The second-order valence-corrected chi connectivity index (χ2v) is 7.10. The lowest BCUT2D eigenvalue weighted by Gasteiger charge is -2.08. The van der Waals surface area contributed by atoms with Crippen molar-refractivity contribution in [3.05, 3.63) is 101 Å². The Morgan fingerprint density at radius 3 is 2.43 bits per heavy atom. The highest BCUT2D eigenvalue weighted by Gasteiger charge is 2.03. The molecule has 0 bridgehead atoms. The summed E-state index contributed by atoms with van der Waals surface area (Å²) >= 11 is 0. The largest absolute Gasteiger partial charge is 0.497 e. The maximum Gasteiger partial charge on any atom is 0.222 e. The molecule has 0 spiro atoms. The molecular weight excluding hydrogens is 374 g/mol. The number of hydrogen-bond acceptors (Lipinski definition) is 4. The molecule has 4 nitrogen and oxygen atoms in total. The fourth-order valence-electron chi connectivity index (χ4n) is 2.83. The van der Waals surface area contributed by atoms with E-state index in [0.29, 0.717) is 12.5 Å². The fourth-order valence-corrected chi connectivity index (χ4v) is 2.83. The predicted octanol–water partition coefficient (Wildman–Crippen LogP) is 6.46. The molecule has 0 amide bonds. The van der Waals surface area contributed by atoms with Crippen molar-refractivity contribution in [1.29, 1.82) is 0 Å². The molecule has 3 aromatic rings. The molecule has 0 N–H and O–H groups in total. The van der Waals surface area contributed by atoms with Gasteiger partial charge in [-0.3, -0.25) is 0 Å². The third-order valence-electron chi connectivity index (χ3n) is 4.63. The van der Waals surface area contributed by atoms with Crippen molar-refractivity contribution >= 4 is 11.6 Å². The summed E-state index contributed by atoms with van der Waals surface area (Å²) in [5.41, 5.74) is 5.39. The zero-order chi connectivity index (χ0) is 21.3. The number of rotatable bonds is 7. The van der Waals surface area contributed by atoms with Crippen LogP contribution in [0.5, 0.6) is 11.5 Å². The number of nitrogens with zero attached hydrogens (tertiary/aromatic N) is 1. The van der Waals surface area contributed by atoms with Gasteiger partial charge in [0, 0.05) is 6.08 Å². The van der Waals surface area contributed by atoms with Crippen LogP contribution in [-0.4, -0.2) is 13.0 Å².